The van der Waals surface area contributed by atoms with E-state index in [9.17, 15) is 27.6 Å². The fraction of sp³-hybridized carbons (Fsp3) is 0.0769. The molecule has 0 spiro atoms. The lowest BCUT2D eigenvalue weighted by Gasteiger charge is -2.10. The molecule has 0 aromatic heterocycles. The summed E-state index contributed by atoms with van der Waals surface area (Å²) in [6.07, 6.45) is 4.91. The van der Waals surface area contributed by atoms with E-state index in [1.54, 1.807) is 0 Å². The van der Waals surface area contributed by atoms with E-state index >= 15 is 0 Å². The molecule has 25 heavy (non-hydrogen) atoms. The van der Waals surface area contributed by atoms with Gasteiger partial charge >= 0.3 is 0 Å². The van der Waals surface area contributed by atoms with E-state index in [-0.39, 0.29) is 17.1 Å². The number of nitrogens with one attached hydrogen (secondary N) is 2. The van der Waals surface area contributed by atoms with Gasteiger partial charge in [-0.05, 0) is 24.3 Å². The van der Waals surface area contributed by atoms with Crippen molar-refractivity contribution in [3.05, 3.63) is 58.5 Å². The van der Waals surface area contributed by atoms with Crippen molar-refractivity contribution in [2.45, 2.75) is 0 Å². The van der Waals surface area contributed by atoms with Crippen molar-refractivity contribution >= 4 is 32.9 Å². The van der Waals surface area contributed by atoms with Crippen LogP contribution < -0.4 is 10.7 Å². The Balaban J connectivity index is 2.13. The molecule has 0 aliphatic heterocycles. The van der Waals surface area contributed by atoms with Gasteiger partial charge in [0.1, 0.15) is 11.6 Å². The fourth-order valence-corrected chi connectivity index (χ4v) is 2.07. The Labute approximate surface area is 140 Å². The molecule has 0 fully saturated rings. The van der Waals surface area contributed by atoms with E-state index in [4.69, 9.17) is 4.55 Å². The largest absolute Gasteiger partial charge is 0.612 e. The van der Waals surface area contributed by atoms with E-state index in [2.05, 4.69) is 15.8 Å². The molecule has 0 saturated heterocycles. The van der Waals surface area contributed by atoms with Crippen molar-refractivity contribution in [2.75, 3.05) is 16.6 Å². The first-order chi connectivity index (χ1) is 11.7. The summed E-state index contributed by atoms with van der Waals surface area (Å²) in [7, 11) is -4.35. The van der Waals surface area contributed by atoms with E-state index < -0.39 is 38.2 Å². The van der Waals surface area contributed by atoms with Gasteiger partial charge in [0.25, 0.3) is 10.1 Å². The summed E-state index contributed by atoms with van der Waals surface area (Å²) in [5.41, 5.74) is 1.38. The summed E-state index contributed by atoms with van der Waals surface area (Å²) in [4.78, 5) is -0.602. The van der Waals surface area contributed by atoms with Gasteiger partial charge in [-0.3, -0.25) is 9.98 Å². The highest BCUT2D eigenvalue weighted by Gasteiger charge is 2.13. The number of nitrogens with zero attached hydrogens (tertiary/aromatic N) is 2. The van der Waals surface area contributed by atoms with Crippen molar-refractivity contribution in [1.29, 1.82) is 0 Å². The second-order valence-electron chi connectivity index (χ2n) is 4.72. The van der Waals surface area contributed by atoms with Gasteiger partial charge in [0.05, 0.1) is 5.71 Å². The van der Waals surface area contributed by atoms with Gasteiger partial charge in [-0.2, -0.15) is 18.4 Å². The molecule has 0 saturated carbocycles. The maximum Gasteiger partial charge on any atom is 0.283 e. The zero-order chi connectivity index (χ0) is 18.6. The van der Waals surface area contributed by atoms with Crippen LogP contribution >= 0.6 is 0 Å². The molecule has 1 aliphatic carbocycles. The Morgan fingerprint density at radius 2 is 1.68 bits per heavy atom. The molecule has 0 heterocycles. The van der Waals surface area contributed by atoms with Crippen molar-refractivity contribution in [3.8, 4) is 0 Å². The smallest absolute Gasteiger partial charge is 0.283 e. The summed E-state index contributed by atoms with van der Waals surface area (Å²) in [5, 5.41) is 26.9. The van der Waals surface area contributed by atoms with Gasteiger partial charge in [0.2, 0.25) is 5.71 Å². The van der Waals surface area contributed by atoms with Crippen LogP contribution in [-0.2, 0) is 10.1 Å². The predicted molar refractivity (Wildman–Crippen MR) is 87.7 cm³/mol. The summed E-state index contributed by atoms with van der Waals surface area (Å²) in [6.45, 7) is 0. The Morgan fingerprint density at radius 3 is 2.16 bits per heavy atom. The van der Waals surface area contributed by atoms with Gasteiger partial charge in [-0.15, -0.1) is 0 Å². The first kappa shape index (κ1) is 18.4. The molecule has 0 amide bonds. The monoisotopic (exact) mass is 373 g/mol. The minimum atomic E-state index is -4.35. The highest BCUT2D eigenvalue weighted by molar-refractivity contribution is 7.85. The topological polar surface area (TPSA) is 140 Å². The van der Waals surface area contributed by atoms with Crippen LogP contribution in [-0.4, -0.2) is 35.2 Å². The van der Waals surface area contributed by atoms with Crippen molar-refractivity contribution in [3.63, 3.8) is 0 Å². The minimum absolute atomic E-state index is 0.162. The average molecular weight is 373 g/mol. The van der Waals surface area contributed by atoms with E-state index in [0.29, 0.717) is 0 Å². The number of hydrogen-bond acceptors (Lipinski definition) is 7. The predicted octanol–water partition coefficient (Wildman–Crippen LogP) is 1.56. The van der Waals surface area contributed by atoms with Gasteiger partial charge in [-0.1, -0.05) is 0 Å². The third kappa shape index (κ3) is 5.26. The summed E-state index contributed by atoms with van der Waals surface area (Å²) in [5.74, 6) is -3.04. The van der Waals surface area contributed by atoms with Crippen LogP contribution in [0.1, 0.15) is 0 Å². The highest BCUT2D eigenvalue weighted by atomic mass is 32.2. The first-order valence-electron chi connectivity index (χ1n) is 6.55. The molecule has 134 valence electrons. The van der Waals surface area contributed by atoms with Crippen molar-refractivity contribution in [1.82, 2.24) is 0 Å². The average Bonchev–Trinajstić information content (AvgIpc) is 2.52. The Bertz CT molecular complexity index is 864. The molecular formula is C13H11F2N4O5S-. The van der Waals surface area contributed by atoms with Crippen LogP contribution in [0.25, 0.3) is 0 Å². The molecular weight excluding hydrogens is 362 g/mol. The van der Waals surface area contributed by atoms with Gasteiger partial charge < -0.3 is 15.7 Å². The van der Waals surface area contributed by atoms with Crippen LogP contribution in [0.5, 0.6) is 0 Å². The molecule has 3 N–H and O–H groups in total. The molecule has 9 nitrogen and oxygen atoms in total. The molecule has 0 unspecified atom stereocenters. The summed E-state index contributed by atoms with van der Waals surface area (Å²) >= 11 is 0. The van der Waals surface area contributed by atoms with Crippen LogP contribution in [0.4, 0.5) is 20.2 Å². The molecule has 0 bridgehead atoms. The number of rotatable bonds is 5. The first-order valence-corrected chi connectivity index (χ1v) is 8.16. The number of hydrazone groups is 1. The maximum absolute atomic E-state index is 13.9. The zero-order valence-electron chi connectivity index (χ0n) is 12.3. The minimum Gasteiger partial charge on any atom is -0.612 e. The molecule has 1 aromatic rings. The number of benzene rings is 1. The standard InChI is InChI=1S/C13H11F2N4O5S/c14-11-5-9(16-7-25(22,23)24)6-12(15)13(11)18-17-8-1-3-10(4-2-8)19(20)21/h1-6,16,18H,7H2,(H-,20,21,22,23,24)/q-1. The number of halogens is 2. The van der Waals surface area contributed by atoms with Crippen LogP contribution in [0, 0.1) is 22.0 Å². The molecule has 2 rings (SSSR count). The molecule has 1 aromatic carbocycles. The lowest BCUT2D eigenvalue weighted by molar-refractivity contribution is -0.377. The van der Waals surface area contributed by atoms with Crippen LogP contribution in [0.2, 0.25) is 0 Å². The summed E-state index contributed by atoms with van der Waals surface area (Å²) < 4.78 is 57.6. The normalized spacial score (nSPS) is 13.7. The molecule has 0 radical (unpaired) electrons. The maximum atomic E-state index is 13.9. The van der Waals surface area contributed by atoms with Gasteiger partial charge in [-0.25, -0.2) is 8.78 Å². The molecule has 12 heteroatoms. The Hall–Kier alpha value is -2.99. The Kier molecular flexibility index (Phi) is 5.34. The van der Waals surface area contributed by atoms with Crippen LogP contribution in [0.3, 0.4) is 0 Å². The second-order valence-corrected chi connectivity index (χ2v) is 6.17. The summed E-state index contributed by atoms with van der Waals surface area (Å²) in [6, 6.07) is 1.61. The van der Waals surface area contributed by atoms with E-state index in [1.165, 1.54) is 24.3 Å². The van der Waals surface area contributed by atoms with E-state index in [1.807, 2.05) is 0 Å². The third-order valence-corrected chi connectivity index (χ3v) is 3.37. The van der Waals surface area contributed by atoms with Gasteiger partial charge in [0, 0.05) is 17.8 Å². The second kappa shape index (κ2) is 7.27. The lowest BCUT2D eigenvalue weighted by Crippen LogP contribution is -2.13. The Morgan fingerprint density at radius 1 is 1.12 bits per heavy atom. The molecule has 0 atom stereocenters. The van der Waals surface area contributed by atoms with Gasteiger partial charge in [0.15, 0.2) is 11.6 Å². The van der Waals surface area contributed by atoms with Crippen LogP contribution in [0.15, 0.2) is 41.5 Å². The number of hydrogen-bond donors (Lipinski definition) is 3. The quantitative estimate of drug-likeness (QED) is 0.308. The molecule has 1 aliphatic rings. The zero-order valence-corrected chi connectivity index (χ0v) is 13.1. The van der Waals surface area contributed by atoms with E-state index in [0.717, 1.165) is 12.1 Å². The SMILES string of the molecule is O=S(=O)(O)CNc1cc(F)c(NN=C2C=CC(=[N+]([O-])[O-])C=C2)c(F)c1. The third-order valence-electron chi connectivity index (χ3n) is 2.86. The van der Waals surface area contributed by atoms with Crippen molar-refractivity contribution in [2.24, 2.45) is 5.10 Å². The van der Waals surface area contributed by atoms with Crippen molar-refractivity contribution < 1.29 is 26.7 Å². The highest BCUT2D eigenvalue weighted by Crippen LogP contribution is 2.23. The number of anilines is 2. The lowest BCUT2D eigenvalue weighted by atomic mass is 10.1. The number of allylic oxidation sites excluding steroid dienone is 4. The fourth-order valence-electron chi connectivity index (χ4n) is 1.73.